The molecule has 0 spiro atoms. The largest absolute Gasteiger partial charge is 0.491 e. The maximum absolute atomic E-state index is 9.36. The van der Waals surface area contributed by atoms with E-state index in [1.54, 1.807) is 12.1 Å². The normalized spacial score (nSPS) is 14.1. The lowest BCUT2D eigenvalue weighted by atomic mass is 9.79. The second-order valence-electron chi connectivity index (χ2n) is 2.84. The first-order valence-electron chi connectivity index (χ1n) is 3.81. The molecule has 0 amide bonds. The van der Waals surface area contributed by atoms with E-state index < -0.39 is 7.12 Å². The molecule has 1 aliphatic heterocycles. The molecule has 2 rings (SSSR count). The smallest absolute Gasteiger partial charge is 0.423 e. The summed E-state index contributed by atoms with van der Waals surface area (Å²) >= 11 is 5.88. The molecule has 1 heterocycles. The molecule has 0 bridgehead atoms. The molecule has 64 valence electrons. The fraction of sp³-hybridized carbons (Fsp3) is 0.111. The summed E-state index contributed by atoms with van der Waals surface area (Å²) in [4.78, 5) is 0. The van der Waals surface area contributed by atoms with Gasteiger partial charge in [-0.15, -0.1) is 6.42 Å². The van der Waals surface area contributed by atoms with Crippen LogP contribution in [-0.2, 0) is 11.3 Å². The average Bonchev–Trinajstić information content (AvgIpc) is 2.46. The summed E-state index contributed by atoms with van der Waals surface area (Å²) in [6.07, 6.45) is 5.23. The lowest BCUT2D eigenvalue weighted by Crippen LogP contribution is -2.28. The number of rotatable bonds is 0. The van der Waals surface area contributed by atoms with Crippen LogP contribution in [0.15, 0.2) is 12.1 Å². The molecule has 1 aliphatic rings. The van der Waals surface area contributed by atoms with E-state index in [1.807, 2.05) is 0 Å². The Balaban J connectivity index is 2.59. The van der Waals surface area contributed by atoms with Crippen LogP contribution in [-0.4, -0.2) is 12.1 Å². The maximum atomic E-state index is 9.36. The molecule has 0 radical (unpaired) electrons. The van der Waals surface area contributed by atoms with Crippen molar-refractivity contribution in [3.05, 3.63) is 28.3 Å². The summed E-state index contributed by atoms with van der Waals surface area (Å²) in [5.41, 5.74) is 2.21. The Labute approximate surface area is 81.6 Å². The van der Waals surface area contributed by atoms with Crippen molar-refractivity contribution in [2.45, 2.75) is 6.61 Å². The molecular weight excluding hydrogens is 186 g/mol. The maximum Gasteiger partial charge on any atom is 0.491 e. The van der Waals surface area contributed by atoms with Gasteiger partial charge in [0.2, 0.25) is 0 Å². The summed E-state index contributed by atoms with van der Waals surface area (Å²) in [7, 11) is -0.862. The molecule has 1 aromatic rings. The monoisotopic (exact) mass is 192 g/mol. The predicted molar refractivity (Wildman–Crippen MR) is 51.8 cm³/mol. The number of hydrogen-bond donors (Lipinski definition) is 1. The van der Waals surface area contributed by atoms with Crippen molar-refractivity contribution >= 4 is 24.2 Å². The van der Waals surface area contributed by atoms with E-state index in [0.29, 0.717) is 17.2 Å². The molecule has 0 aliphatic carbocycles. The van der Waals surface area contributed by atoms with Gasteiger partial charge >= 0.3 is 7.12 Å². The molecule has 0 saturated carbocycles. The lowest BCUT2D eigenvalue weighted by molar-refractivity contribution is 0.275. The van der Waals surface area contributed by atoms with Crippen LogP contribution in [0.3, 0.4) is 0 Å². The van der Waals surface area contributed by atoms with Crippen LogP contribution in [0.1, 0.15) is 11.1 Å². The van der Waals surface area contributed by atoms with Crippen LogP contribution in [0.4, 0.5) is 0 Å². The van der Waals surface area contributed by atoms with Crippen LogP contribution in [0.2, 0.25) is 5.02 Å². The zero-order chi connectivity index (χ0) is 9.42. The Bertz CT molecular complexity index is 397. The van der Waals surface area contributed by atoms with Gasteiger partial charge in [0, 0.05) is 5.56 Å². The summed E-state index contributed by atoms with van der Waals surface area (Å²) in [6.45, 7) is 0.390. The summed E-state index contributed by atoms with van der Waals surface area (Å²) < 4.78 is 5.01. The highest BCUT2D eigenvalue weighted by Gasteiger charge is 2.27. The van der Waals surface area contributed by atoms with Gasteiger partial charge in [-0.25, -0.2) is 0 Å². The van der Waals surface area contributed by atoms with Gasteiger partial charge in [0.15, 0.2) is 0 Å². The third-order valence-corrected chi connectivity index (χ3v) is 2.36. The average molecular weight is 192 g/mol. The third kappa shape index (κ3) is 1.34. The molecule has 0 atom stereocenters. The first-order chi connectivity index (χ1) is 6.22. The zero-order valence-electron chi connectivity index (χ0n) is 6.75. The Morgan fingerprint density at radius 1 is 1.62 bits per heavy atom. The fourth-order valence-electron chi connectivity index (χ4n) is 1.36. The van der Waals surface area contributed by atoms with Gasteiger partial charge in [-0.3, -0.25) is 0 Å². The fourth-order valence-corrected chi connectivity index (χ4v) is 1.60. The van der Waals surface area contributed by atoms with E-state index in [9.17, 15) is 5.02 Å². The van der Waals surface area contributed by atoms with Crippen molar-refractivity contribution in [3.8, 4) is 12.3 Å². The van der Waals surface area contributed by atoms with Gasteiger partial charge in [-0.05, 0) is 23.2 Å². The number of halogens is 1. The van der Waals surface area contributed by atoms with Crippen molar-refractivity contribution in [2.75, 3.05) is 0 Å². The first kappa shape index (κ1) is 8.64. The van der Waals surface area contributed by atoms with Crippen LogP contribution >= 0.6 is 11.6 Å². The standard InChI is InChI=1S/C9H6BClO2/c1-2-6-3-8-7(4-9(6)11)5-13-10(8)12/h1,3-4,12H,5H2. The van der Waals surface area contributed by atoms with E-state index in [4.69, 9.17) is 22.7 Å². The molecule has 0 aromatic heterocycles. The van der Waals surface area contributed by atoms with Crippen LogP contribution < -0.4 is 5.46 Å². The minimum absolute atomic E-state index is 0.390. The lowest BCUT2D eigenvalue weighted by Gasteiger charge is -2.01. The highest BCUT2D eigenvalue weighted by atomic mass is 35.5. The van der Waals surface area contributed by atoms with Crippen molar-refractivity contribution in [1.82, 2.24) is 0 Å². The van der Waals surface area contributed by atoms with Crippen molar-refractivity contribution < 1.29 is 9.68 Å². The van der Waals surface area contributed by atoms with E-state index in [-0.39, 0.29) is 0 Å². The zero-order valence-corrected chi connectivity index (χ0v) is 7.51. The second kappa shape index (κ2) is 3.08. The number of hydrogen-bond acceptors (Lipinski definition) is 2. The minimum atomic E-state index is -0.862. The molecular formula is C9H6BClO2. The molecule has 0 unspecified atom stereocenters. The Hall–Kier alpha value is -0.945. The molecule has 13 heavy (non-hydrogen) atoms. The molecule has 0 saturated heterocycles. The number of fused-ring (bicyclic) bond motifs is 1. The van der Waals surface area contributed by atoms with Gasteiger partial charge < -0.3 is 9.68 Å². The topological polar surface area (TPSA) is 29.5 Å². The number of benzene rings is 1. The minimum Gasteiger partial charge on any atom is -0.423 e. The first-order valence-corrected chi connectivity index (χ1v) is 4.19. The van der Waals surface area contributed by atoms with Crippen LogP contribution in [0.5, 0.6) is 0 Å². The number of terminal acetylenes is 1. The Kier molecular flexibility index (Phi) is 2.05. The van der Waals surface area contributed by atoms with Gasteiger partial charge in [-0.2, -0.15) is 0 Å². The highest BCUT2D eigenvalue weighted by molar-refractivity contribution is 6.61. The molecule has 4 heteroatoms. The molecule has 1 aromatic carbocycles. The summed E-state index contributed by atoms with van der Waals surface area (Å²) in [5, 5.41) is 9.89. The highest BCUT2D eigenvalue weighted by Crippen LogP contribution is 2.19. The van der Waals surface area contributed by atoms with E-state index >= 15 is 0 Å². The third-order valence-electron chi connectivity index (χ3n) is 2.05. The van der Waals surface area contributed by atoms with Crippen LogP contribution in [0.25, 0.3) is 0 Å². The quantitative estimate of drug-likeness (QED) is 0.480. The summed E-state index contributed by atoms with van der Waals surface area (Å²) in [6, 6.07) is 3.43. The van der Waals surface area contributed by atoms with Gasteiger partial charge in [-0.1, -0.05) is 17.5 Å². The molecule has 2 nitrogen and oxygen atoms in total. The van der Waals surface area contributed by atoms with Gasteiger partial charge in [0.05, 0.1) is 11.6 Å². The second-order valence-corrected chi connectivity index (χ2v) is 3.25. The van der Waals surface area contributed by atoms with Crippen molar-refractivity contribution in [1.29, 1.82) is 0 Å². The SMILES string of the molecule is C#Cc1cc2c(cc1Cl)COB2O. The van der Waals surface area contributed by atoms with Crippen molar-refractivity contribution in [3.63, 3.8) is 0 Å². The Morgan fingerprint density at radius 2 is 2.38 bits per heavy atom. The van der Waals surface area contributed by atoms with Gasteiger partial charge in [0.25, 0.3) is 0 Å². The van der Waals surface area contributed by atoms with Crippen LogP contribution in [0, 0.1) is 12.3 Å². The molecule has 0 fully saturated rings. The molecule has 1 N–H and O–H groups in total. The van der Waals surface area contributed by atoms with E-state index in [2.05, 4.69) is 5.92 Å². The summed E-state index contributed by atoms with van der Waals surface area (Å²) in [5.74, 6) is 2.45. The van der Waals surface area contributed by atoms with Crippen molar-refractivity contribution in [2.24, 2.45) is 0 Å². The van der Waals surface area contributed by atoms with Gasteiger partial charge in [0.1, 0.15) is 0 Å². The predicted octanol–water partition coefficient (Wildman–Crippen LogP) is 0.539. The van der Waals surface area contributed by atoms with E-state index in [0.717, 1.165) is 11.0 Å². The Morgan fingerprint density at radius 3 is 3.08 bits per heavy atom. The van der Waals surface area contributed by atoms with E-state index in [1.165, 1.54) is 0 Å².